The lowest BCUT2D eigenvalue weighted by Gasteiger charge is -2.21. The third-order valence-electron chi connectivity index (χ3n) is 2.30. The Bertz CT molecular complexity index is 421. The summed E-state index contributed by atoms with van der Waals surface area (Å²) in [5, 5.41) is 3.16. The van der Waals surface area contributed by atoms with Gasteiger partial charge in [0.15, 0.2) is 0 Å². The minimum absolute atomic E-state index is 0.0666. The average molecular weight is 243 g/mol. The second-order valence-corrected chi connectivity index (χ2v) is 5.47. The van der Waals surface area contributed by atoms with Gasteiger partial charge in [0.05, 0.1) is 4.90 Å². The van der Waals surface area contributed by atoms with Crippen molar-refractivity contribution in [3.05, 3.63) is 29.8 Å². The van der Waals surface area contributed by atoms with Gasteiger partial charge in [-0.1, -0.05) is 24.6 Å². The van der Waals surface area contributed by atoms with Crippen LogP contribution in [-0.4, -0.2) is 26.1 Å². The van der Waals surface area contributed by atoms with Crippen molar-refractivity contribution in [2.75, 3.05) is 13.1 Å². The van der Waals surface area contributed by atoms with Crippen LogP contribution in [0.2, 0.25) is 0 Å². The van der Waals surface area contributed by atoms with Gasteiger partial charge >= 0.3 is 0 Å². The predicted octanol–water partition coefficient (Wildman–Crippen LogP) is 1.47. The number of aryl methyl sites for hydroxylation is 1. The zero-order valence-corrected chi connectivity index (χ0v) is 10.3. The summed E-state index contributed by atoms with van der Waals surface area (Å²) in [6, 6.07) is 5.99. The minimum atomic E-state index is -4.02. The van der Waals surface area contributed by atoms with Crippen molar-refractivity contribution in [2.24, 2.45) is 5.92 Å². The molecule has 0 saturated carbocycles. The van der Waals surface area contributed by atoms with Crippen LogP contribution in [0, 0.1) is 12.8 Å². The molecule has 0 unspecified atom stereocenters. The molecule has 0 amide bonds. The monoisotopic (exact) mass is 243 g/mol. The van der Waals surface area contributed by atoms with Gasteiger partial charge in [0.2, 0.25) is 0 Å². The maximum Gasteiger partial charge on any atom is 0.294 e. The van der Waals surface area contributed by atoms with Crippen LogP contribution in [0.5, 0.6) is 0 Å². The molecule has 0 spiro atoms. The van der Waals surface area contributed by atoms with E-state index in [1.165, 1.54) is 25.2 Å². The summed E-state index contributed by atoms with van der Waals surface area (Å²) in [6.07, 6.45) is 0. The van der Waals surface area contributed by atoms with Crippen molar-refractivity contribution in [1.82, 2.24) is 5.32 Å². The number of hydrogen-bond donors (Lipinski definition) is 2. The summed E-state index contributed by atoms with van der Waals surface area (Å²) in [5.41, 5.74) is 0.956. The lowest BCUT2D eigenvalue weighted by Crippen LogP contribution is -2.39. The Morgan fingerprint density at radius 3 is 1.94 bits per heavy atom. The van der Waals surface area contributed by atoms with E-state index in [0.29, 0.717) is 0 Å². The SMILES string of the molecule is CC1CNC1.Cc1ccc(S(=O)(=O)O)cc1. The maximum atomic E-state index is 10.5. The molecule has 0 bridgehead atoms. The smallest absolute Gasteiger partial charge is 0.294 e. The fraction of sp³-hybridized carbons (Fsp3) is 0.455. The summed E-state index contributed by atoms with van der Waals surface area (Å²) in [7, 11) is -4.02. The van der Waals surface area contributed by atoms with Crippen molar-refractivity contribution in [1.29, 1.82) is 0 Å². The third kappa shape index (κ3) is 4.30. The van der Waals surface area contributed by atoms with Crippen molar-refractivity contribution < 1.29 is 13.0 Å². The van der Waals surface area contributed by atoms with E-state index in [1.54, 1.807) is 12.1 Å². The van der Waals surface area contributed by atoms with Crippen LogP contribution in [-0.2, 0) is 10.1 Å². The molecular formula is C11H17NO3S. The highest BCUT2D eigenvalue weighted by molar-refractivity contribution is 7.85. The first-order valence-corrected chi connectivity index (χ1v) is 6.58. The molecule has 1 saturated heterocycles. The quantitative estimate of drug-likeness (QED) is 0.733. The zero-order chi connectivity index (χ0) is 12.2. The second kappa shape index (κ2) is 5.43. The summed E-state index contributed by atoms with van der Waals surface area (Å²) in [6.45, 7) is 6.56. The Labute approximate surface area is 96.4 Å². The summed E-state index contributed by atoms with van der Waals surface area (Å²) < 4.78 is 29.6. The highest BCUT2D eigenvalue weighted by atomic mass is 32.2. The highest BCUT2D eigenvalue weighted by Crippen LogP contribution is 2.08. The Morgan fingerprint density at radius 1 is 1.25 bits per heavy atom. The van der Waals surface area contributed by atoms with E-state index in [4.69, 9.17) is 4.55 Å². The van der Waals surface area contributed by atoms with Crippen molar-refractivity contribution in [2.45, 2.75) is 18.7 Å². The molecule has 1 aliphatic heterocycles. The normalized spacial score (nSPS) is 15.9. The molecular weight excluding hydrogens is 226 g/mol. The molecule has 1 aromatic rings. The largest absolute Gasteiger partial charge is 0.316 e. The zero-order valence-electron chi connectivity index (χ0n) is 9.47. The van der Waals surface area contributed by atoms with Crippen LogP contribution in [0.25, 0.3) is 0 Å². The highest BCUT2D eigenvalue weighted by Gasteiger charge is 2.08. The van der Waals surface area contributed by atoms with Crippen LogP contribution in [0.1, 0.15) is 12.5 Å². The van der Waals surface area contributed by atoms with Crippen LogP contribution in [0.15, 0.2) is 29.2 Å². The van der Waals surface area contributed by atoms with Gasteiger partial charge in [-0.2, -0.15) is 8.42 Å². The van der Waals surface area contributed by atoms with Crippen LogP contribution in [0.4, 0.5) is 0 Å². The van der Waals surface area contributed by atoms with Gasteiger partial charge in [-0.15, -0.1) is 0 Å². The molecule has 90 valence electrons. The second-order valence-electron chi connectivity index (χ2n) is 4.05. The molecule has 2 N–H and O–H groups in total. The van der Waals surface area contributed by atoms with Crippen LogP contribution >= 0.6 is 0 Å². The van der Waals surface area contributed by atoms with E-state index >= 15 is 0 Å². The minimum Gasteiger partial charge on any atom is -0.316 e. The maximum absolute atomic E-state index is 10.5. The van der Waals surface area contributed by atoms with E-state index in [-0.39, 0.29) is 4.90 Å². The topological polar surface area (TPSA) is 66.4 Å². The van der Waals surface area contributed by atoms with Gasteiger partial charge in [0.25, 0.3) is 10.1 Å². The van der Waals surface area contributed by atoms with E-state index in [9.17, 15) is 8.42 Å². The summed E-state index contributed by atoms with van der Waals surface area (Å²) in [4.78, 5) is -0.0666. The van der Waals surface area contributed by atoms with Crippen molar-refractivity contribution in [3.63, 3.8) is 0 Å². The van der Waals surface area contributed by atoms with Crippen molar-refractivity contribution in [3.8, 4) is 0 Å². The van der Waals surface area contributed by atoms with E-state index in [1.807, 2.05) is 6.92 Å². The molecule has 4 nitrogen and oxygen atoms in total. The molecule has 0 aliphatic carbocycles. The molecule has 0 aromatic heterocycles. The van der Waals surface area contributed by atoms with Gasteiger partial charge in [0, 0.05) is 0 Å². The standard InChI is InChI=1S/C7H8O3S.C4H9N/c1-6-2-4-7(5-3-6)11(8,9)10;1-4-2-5-3-4/h2-5H,1H3,(H,8,9,10);4-5H,2-3H2,1H3. The fourth-order valence-corrected chi connectivity index (χ4v) is 1.62. The molecule has 1 aromatic carbocycles. The first-order chi connectivity index (χ1) is 7.39. The average Bonchev–Trinajstić information content (AvgIpc) is 2.15. The van der Waals surface area contributed by atoms with Crippen LogP contribution < -0.4 is 5.32 Å². The Hall–Kier alpha value is -0.910. The molecule has 1 aliphatic rings. The van der Waals surface area contributed by atoms with E-state index in [0.717, 1.165) is 11.5 Å². The molecule has 2 rings (SSSR count). The lowest BCUT2D eigenvalue weighted by molar-refractivity contribution is 0.379. The molecule has 16 heavy (non-hydrogen) atoms. The predicted molar refractivity (Wildman–Crippen MR) is 63.0 cm³/mol. The Balaban J connectivity index is 0.000000212. The van der Waals surface area contributed by atoms with E-state index < -0.39 is 10.1 Å². The van der Waals surface area contributed by atoms with Crippen molar-refractivity contribution >= 4 is 10.1 Å². The van der Waals surface area contributed by atoms with E-state index in [2.05, 4.69) is 12.2 Å². The third-order valence-corrected chi connectivity index (χ3v) is 3.17. The number of nitrogens with one attached hydrogen (secondary N) is 1. The first kappa shape index (κ1) is 13.2. The molecule has 0 radical (unpaired) electrons. The van der Waals surface area contributed by atoms with Gasteiger partial charge in [-0.05, 0) is 38.1 Å². The van der Waals surface area contributed by atoms with Gasteiger partial charge in [-0.25, -0.2) is 0 Å². The van der Waals surface area contributed by atoms with Gasteiger partial charge in [0.1, 0.15) is 0 Å². The number of hydrogen-bond acceptors (Lipinski definition) is 3. The fourth-order valence-electron chi connectivity index (χ4n) is 1.14. The Kier molecular flexibility index (Phi) is 4.46. The molecule has 1 heterocycles. The molecule has 0 atom stereocenters. The van der Waals surface area contributed by atoms with Gasteiger partial charge in [-0.3, -0.25) is 4.55 Å². The summed E-state index contributed by atoms with van der Waals surface area (Å²) >= 11 is 0. The number of benzene rings is 1. The van der Waals surface area contributed by atoms with Gasteiger partial charge < -0.3 is 5.32 Å². The number of rotatable bonds is 1. The Morgan fingerprint density at radius 2 is 1.69 bits per heavy atom. The lowest BCUT2D eigenvalue weighted by atomic mass is 10.1. The first-order valence-electron chi connectivity index (χ1n) is 5.14. The summed E-state index contributed by atoms with van der Waals surface area (Å²) in [5.74, 6) is 0.954. The van der Waals surface area contributed by atoms with Crippen LogP contribution in [0.3, 0.4) is 0 Å². The molecule has 5 heteroatoms. The molecule has 1 fully saturated rings.